The van der Waals surface area contributed by atoms with Crippen LogP contribution in [0.3, 0.4) is 0 Å². The molecule has 21 heavy (non-hydrogen) atoms. The monoisotopic (exact) mass is 313 g/mol. The van der Waals surface area contributed by atoms with Crippen molar-refractivity contribution in [2.45, 2.75) is 25.6 Å². The van der Waals surface area contributed by atoms with E-state index in [1.54, 1.807) is 18.2 Å². The molecule has 0 aliphatic carbocycles. The molecule has 0 radical (unpaired) electrons. The van der Waals surface area contributed by atoms with Crippen LogP contribution in [0.5, 0.6) is 0 Å². The number of nitrogens with two attached hydrogens (primary N) is 1. The summed E-state index contributed by atoms with van der Waals surface area (Å²) in [4.78, 5) is 0. The van der Waals surface area contributed by atoms with Crippen LogP contribution in [0, 0.1) is 6.92 Å². The smallest absolute Gasteiger partial charge is 0.324 e. The highest BCUT2D eigenvalue weighted by Crippen LogP contribution is 2.35. The van der Waals surface area contributed by atoms with Crippen molar-refractivity contribution in [3.8, 4) is 0 Å². The molecule has 2 aromatic rings. The Bertz CT molecular complexity index is 638. The second-order valence-corrected chi connectivity index (χ2v) is 5.40. The predicted molar refractivity (Wildman–Crippen MR) is 78.3 cm³/mol. The lowest BCUT2D eigenvalue weighted by atomic mass is 9.95. The maximum atomic E-state index is 13.0. The van der Waals surface area contributed by atoms with Crippen molar-refractivity contribution in [3.63, 3.8) is 0 Å². The van der Waals surface area contributed by atoms with Gasteiger partial charge in [0.15, 0.2) is 0 Å². The van der Waals surface area contributed by atoms with E-state index in [1.807, 2.05) is 13.0 Å². The van der Waals surface area contributed by atoms with E-state index in [0.717, 1.165) is 17.2 Å². The lowest BCUT2D eigenvalue weighted by molar-refractivity contribution is -0.138. The van der Waals surface area contributed by atoms with Crippen molar-refractivity contribution in [2.24, 2.45) is 5.73 Å². The minimum atomic E-state index is -4.41. The van der Waals surface area contributed by atoms with Gasteiger partial charge in [0.1, 0.15) is 0 Å². The van der Waals surface area contributed by atoms with Gasteiger partial charge in [0.2, 0.25) is 0 Å². The van der Waals surface area contributed by atoms with Gasteiger partial charge in [0, 0.05) is 11.1 Å². The van der Waals surface area contributed by atoms with E-state index in [-0.39, 0.29) is 12.0 Å². The molecule has 1 atom stereocenters. The summed E-state index contributed by atoms with van der Waals surface area (Å²) in [6, 6.07) is 10.1. The summed E-state index contributed by atoms with van der Waals surface area (Å²) < 4.78 is 39.0. The molecular weight excluding hydrogens is 299 g/mol. The fraction of sp³-hybridized carbons (Fsp3) is 0.250. The molecule has 0 heterocycles. The van der Waals surface area contributed by atoms with Crippen LogP contribution in [-0.2, 0) is 12.6 Å². The van der Waals surface area contributed by atoms with Crippen LogP contribution < -0.4 is 5.73 Å². The Balaban J connectivity index is 2.31. The van der Waals surface area contributed by atoms with Crippen LogP contribution in [-0.4, -0.2) is 0 Å². The quantitative estimate of drug-likeness (QED) is 0.856. The Morgan fingerprint density at radius 2 is 1.81 bits per heavy atom. The molecule has 2 rings (SSSR count). The summed E-state index contributed by atoms with van der Waals surface area (Å²) in [6.07, 6.45) is -4.16. The van der Waals surface area contributed by atoms with Gasteiger partial charge in [0.25, 0.3) is 0 Å². The van der Waals surface area contributed by atoms with Gasteiger partial charge in [-0.2, -0.15) is 13.2 Å². The van der Waals surface area contributed by atoms with E-state index in [9.17, 15) is 13.2 Å². The zero-order valence-electron chi connectivity index (χ0n) is 11.4. The Labute approximate surface area is 126 Å². The van der Waals surface area contributed by atoms with Gasteiger partial charge >= 0.3 is 6.18 Å². The largest absolute Gasteiger partial charge is 0.416 e. The summed E-state index contributed by atoms with van der Waals surface area (Å²) in [5, 5.41) is 0.523. The van der Waals surface area contributed by atoms with Gasteiger partial charge in [0.05, 0.1) is 5.56 Å². The molecule has 0 fully saturated rings. The van der Waals surface area contributed by atoms with E-state index in [4.69, 9.17) is 17.3 Å². The highest BCUT2D eigenvalue weighted by Gasteiger charge is 2.34. The molecule has 112 valence electrons. The fourth-order valence-electron chi connectivity index (χ4n) is 2.24. The molecule has 1 nitrogen and oxygen atoms in total. The zero-order valence-corrected chi connectivity index (χ0v) is 12.2. The predicted octanol–water partition coefficient (Wildman–Crippen LogP) is 4.91. The average molecular weight is 314 g/mol. The van der Waals surface area contributed by atoms with Crippen LogP contribution in [0.1, 0.15) is 28.3 Å². The van der Waals surface area contributed by atoms with Crippen molar-refractivity contribution < 1.29 is 13.2 Å². The van der Waals surface area contributed by atoms with Crippen LogP contribution in [0.4, 0.5) is 13.2 Å². The number of rotatable bonds is 3. The number of alkyl halides is 3. The molecular formula is C16H15ClF3N. The molecule has 5 heteroatoms. The summed E-state index contributed by atoms with van der Waals surface area (Å²) in [6.45, 7) is 1.90. The minimum absolute atomic E-state index is 0.0849. The summed E-state index contributed by atoms with van der Waals surface area (Å²) in [5.74, 6) is 0. The van der Waals surface area contributed by atoms with Gasteiger partial charge in [-0.1, -0.05) is 41.9 Å². The van der Waals surface area contributed by atoms with Crippen LogP contribution in [0.2, 0.25) is 5.02 Å². The number of aryl methyl sites for hydroxylation is 1. The Morgan fingerprint density at radius 3 is 2.43 bits per heavy atom. The highest BCUT2D eigenvalue weighted by atomic mass is 35.5. The summed E-state index contributed by atoms with van der Waals surface area (Å²) >= 11 is 6.11. The maximum Gasteiger partial charge on any atom is 0.416 e. The van der Waals surface area contributed by atoms with Gasteiger partial charge in [-0.05, 0) is 42.2 Å². The van der Waals surface area contributed by atoms with E-state index >= 15 is 0 Å². The molecule has 0 saturated carbocycles. The maximum absolute atomic E-state index is 13.0. The standard InChI is InChI=1S/C16H15ClF3N/c1-10-6-7-11(14(17)8-10)9-15(21)12-4-2-3-5-13(12)16(18,19)20/h2-8,15H,9,21H2,1H3. The average Bonchev–Trinajstić information content (AvgIpc) is 2.41. The third kappa shape index (κ3) is 3.77. The van der Waals surface area contributed by atoms with Crippen molar-refractivity contribution in [3.05, 3.63) is 69.7 Å². The molecule has 0 aliphatic rings. The Morgan fingerprint density at radius 1 is 1.14 bits per heavy atom. The topological polar surface area (TPSA) is 26.0 Å². The Kier molecular flexibility index (Phi) is 4.59. The molecule has 0 amide bonds. The molecule has 0 spiro atoms. The van der Waals surface area contributed by atoms with E-state index in [2.05, 4.69) is 0 Å². The first-order valence-corrected chi connectivity index (χ1v) is 6.83. The first-order chi connectivity index (χ1) is 9.79. The van der Waals surface area contributed by atoms with E-state index in [0.29, 0.717) is 5.02 Å². The molecule has 0 saturated heterocycles. The molecule has 2 N–H and O–H groups in total. The highest BCUT2D eigenvalue weighted by molar-refractivity contribution is 6.31. The Hall–Kier alpha value is -1.52. The van der Waals surface area contributed by atoms with Gasteiger partial charge in [-0.15, -0.1) is 0 Å². The molecule has 0 aromatic heterocycles. The number of halogens is 4. The molecule has 2 aromatic carbocycles. The van der Waals surface area contributed by atoms with Crippen LogP contribution >= 0.6 is 11.6 Å². The van der Waals surface area contributed by atoms with Crippen molar-refractivity contribution in [1.82, 2.24) is 0 Å². The second-order valence-electron chi connectivity index (χ2n) is 4.99. The number of benzene rings is 2. The molecule has 1 unspecified atom stereocenters. The fourth-order valence-corrected chi connectivity index (χ4v) is 2.56. The SMILES string of the molecule is Cc1ccc(CC(N)c2ccccc2C(F)(F)F)c(Cl)c1. The van der Waals surface area contributed by atoms with Crippen molar-refractivity contribution >= 4 is 11.6 Å². The second kappa shape index (κ2) is 6.08. The van der Waals surface area contributed by atoms with E-state index in [1.165, 1.54) is 12.1 Å². The lowest BCUT2D eigenvalue weighted by Gasteiger charge is -2.19. The normalized spacial score (nSPS) is 13.2. The van der Waals surface area contributed by atoms with Crippen LogP contribution in [0.15, 0.2) is 42.5 Å². The lowest BCUT2D eigenvalue weighted by Crippen LogP contribution is -2.19. The summed E-state index contributed by atoms with van der Waals surface area (Å²) in [5.41, 5.74) is 7.10. The number of hydrogen-bond donors (Lipinski definition) is 1. The number of hydrogen-bond acceptors (Lipinski definition) is 1. The first kappa shape index (κ1) is 15.9. The van der Waals surface area contributed by atoms with E-state index < -0.39 is 17.8 Å². The molecule has 0 bridgehead atoms. The van der Waals surface area contributed by atoms with Crippen LogP contribution in [0.25, 0.3) is 0 Å². The molecule has 0 aliphatic heterocycles. The van der Waals surface area contributed by atoms with Gasteiger partial charge < -0.3 is 5.73 Å². The van der Waals surface area contributed by atoms with Crippen molar-refractivity contribution in [1.29, 1.82) is 0 Å². The van der Waals surface area contributed by atoms with Gasteiger partial charge in [-0.3, -0.25) is 0 Å². The zero-order chi connectivity index (χ0) is 15.6. The third-order valence-electron chi connectivity index (χ3n) is 3.31. The summed E-state index contributed by atoms with van der Waals surface area (Å²) in [7, 11) is 0. The third-order valence-corrected chi connectivity index (χ3v) is 3.67. The first-order valence-electron chi connectivity index (χ1n) is 6.46. The van der Waals surface area contributed by atoms with Gasteiger partial charge in [-0.25, -0.2) is 0 Å². The van der Waals surface area contributed by atoms with Crippen molar-refractivity contribution in [2.75, 3.05) is 0 Å². The minimum Gasteiger partial charge on any atom is -0.324 e.